The van der Waals surface area contributed by atoms with Gasteiger partial charge in [-0.25, -0.2) is 4.79 Å². The number of phenols is 1. The summed E-state index contributed by atoms with van der Waals surface area (Å²) in [6.07, 6.45) is -0.200. The van der Waals surface area contributed by atoms with Crippen LogP contribution < -0.4 is 10.6 Å². The van der Waals surface area contributed by atoms with Gasteiger partial charge in [0, 0.05) is 11.6 Å². The number of benzene rings is 1. The van der Waals surface area contributed by atoms with Crippen LogP contribution in [0.4, 0.5) is 10.5 Å². The second kappa shape index (κ2) is 6.49. The topological polar surface area (TPSA) is 98.7 Å². The number of carbonyl (C=O) groups is 2. The van der Waals surface area contributed by atoms with E-state index in [0.717, 1.165) is 0 Å². The van der Waals surface area contributed by atoms with Crippen LogP contribution in [-0.4, -0.2) is 28.8 Å². The number of hydrogen-bond acceptors (Lipinski definition) is 3. The summed E-state index contributed by atoms with van der Waals surface area (Å²) in [7, 11) is 0. The maximum atomic E-state index is 11.4. The summed E-state index contributed by atoms with van der Waals surface area (Å²) >= 11 is 11.7. The number of rotatable bonds is 4. The van der Waals surface area contributed by atoms with E-state index >= 15 is 0 Å². The largest absolute Gasteiger partial charge is 0.504 e. The number of amides is 2. The van der Waals surface area contributed by atoms with Crippen LogP contribution in [0.15, 0.2) is 6.07 Å². The van der Waals surface area contributed by atoms with Crippen LogP contribution in [-0.2, 0) is 4.79 Å². The van der Waals surface area contributed by atoms with Gasteiger partial charge in [0.25, 0.3) is 0 Å². The van der Waals surface area contributed by atoms with Crippen molar-refractivity contribution in [3.63, 3.8) is 0 Å². The second-order valence-electron chi connectivity index (χ2n) is 3.72. The molecular formula is C11H12Cl2N2O4. The molecule has 0 saturated carbocycles. The lowest BCUT2D eigenvalue weighted by molar-refractivity contribution is -0.136. The first-order valence-electron chi connectivity index (χ1n) is 5.27. The van der Waals surface area contributed by atoms with Gasteiger partial charge in [-0.05, 0) is 18.6 Å². The zero-order chi connectivity index (χ0) is 14.6. The van der Waals surface area contributed by atoms with Crippen molar-refractivity contribution in [3.05, 3.63) is 21.7 Å². The Hall–Kier alpha value is -1.66. The van der Waals surface area contributed by atoms with Crippen LogP contribution in [0.1, 0.15) is 12.0 Å². The van der Waals surface area contributed by atoms with Gasteiger partial charge in [-0.2, -0.15) is 0 Å². The molecule has 2 amide bonds. The van der Waals surface area contributed by atoms with Gasteiger partial charge in [-0.15, -0.1) is 0 Å². The Morgan fingerprint density at radius 3 is 2.58 bits per heavy atom. The van der Waals surface area contributed by atoms with E-state index in [1.165, 1.54) is 6.07 Å². The molecule has 1 aromatic carbocycles. The molecule has 0 aliphatic heterocycles. The number of hydrogen-bond donors (Lipinski definition) is 4. The van der Waals surface area contributed by atoms with Gasteiger partial charge in [0.1, 0.15) is 0 Å². The van der Waals surface area contributed by atoms with E-state index in [9.17, 15) is 14.7 Å². The quantitative estimate of drug-likeness (QED) is 0.643. The molecule has 19 heavy (non-hydrogen) atoms. The Labute approximate surface area is 119 Å². The zero-order valence-corrected chi connectivity index (χ0v) is 11.5. The van der Waals surface area contributed by atoms with E-state index in [1.807, 2.05) is 0 Å². The highest BCUT2D eigenvalue weighted by Crippen LogP contribution is 2.38. The van der Waals surface area contributed by atoms with Gasteiger partial charge in [-0.1, -0.05) is 23.2 Å². The minimum Gasteiger partial charge on any atom is -0.504 e. The first-order valence-corrected chi connectivity index (χ1v) is 6.02. The summed E-state index contributed by atoms with van der Waals surface area (Å²) in [6.45, 7) is 1.59. The van der Waals surface area contributed by atoms with E-state index in [-0.39, 0.29) is 29.4 Å². The number of aromatic hydroxyl groups is 1. The van der Waals surface area contributed by atoms with Gasteiger partial charge < -0.3 is 20.8 Å². The standard InChI is InChI=1S/C11H12Cl2N2O4/c1-5-6(12)4-7(10(18)9(5)13)15-11(19)14-3-2-8(16)17/h4,18H,2-3H2,1H3,(H,16,17)(H2,14,15,19). The first-order chi connectivity index (χ1) is 8.82. The number of phenolic OH excluding ortho intramolecular Hbond substituents is 1. The van der Waals surface area contributed by atoms with Crippen LogP contribution in [0.25, 0.3) is 0 Å². The molecule has 0 atom stereocenters. The van der Waals surface area contributed by atoms with Crippen LogP contribution in [0.5, 0.6) is 5.75 Å². The monoisotopic (exact) mass is 306 g/mol. The fraction of sp³-hybridized carbons (Fsp3) is 0.273. The van der Waals surface area contributed by atoms with Crippen molar-refractivity contribution < 1.29 is 19.8 Å². The SMILES string of the molecule is Cc1c(Cl)cc(NC(=O)NCCC(=O)O)c(O)c1Cl. The van der Waals surface area contributed by atoms with Crippen molar-refractivity contribution in [2.75, 3.05) is 11.9 Å². The summed E-state index contributed by atoms with van der Waals surface area (Å²) in [6, 6.07) is 0.696. The Balaban J connectivity index is 2.72. The van der Waals surface area contributed by atoms with Crippen LogP contribution in [0.3, 0.4) is 0 Å². The third kappa shape index (κ3) is 4.18. The van der Waals surface area contributed by atoms with Gasteiger partial charge in [-0.3, -0.25) is 4.79 Å². The second-order valence-corrected chi connectivity index (χ2v) is 4.50. The molecule has 4 N–H and O–H groups in total. The lowest BCUT2D eigenvalue weighted by Gasteiger charge is -2.12. The predicted octanol–water partition coefficient (Wildman–Crippen LogP) is 2.60. The third-order valence-corrected chi connectivity index (χ3v) is 3.15. The molecule has 0 unspecified atom stereocenters. The molecule has 1 aromatic rings. The molecule has 0 saturated heterocycles. The van der Waals surface area contributed by atoms with Crippen molar-refractivity contribution in [2.24, 2.45) is 0 Å². The molecule has 0 spiro atoms. The predicted molar refractivity (Wildman–Crippen MR) is 72.1 cm³/mol. The number of halogens is 2. The van der Waals surface area contributed by atoms with Gasteiger partial charge in [0.2, 0.25) is 0 Å². The van der Waals surface area contributed by atoms with Crippen molar-refractivity contribution >= 4 is 40.9 Å². The first kappa shape index (κ1) is 15.4. The molecular weight excluding hydrogens is 295 g/mol. The number of aliphatic carboxylic acids is 1. The van der Waals surface area contributed by atoms with E-state index in [1.54, 1.807) is 6.92 Å². The summed E-state index contributed by atoms with van der Waals surface area (Å²) < 4.78 is 0. The van der Waals surface area contributed by atoms with Gasteiger partial charge >= 0.3 is 12.0 Å². The van der Waals surface area contributed by atoms with Crippen molar-refractivity contribution in [1.29, 1.82) is 0 Å². The highest BCUT2D eigenvalue weighted by Gasteiger charge is 2.14. The molecule has 0 radical (unpaired) electrons. The highest BCUT2D eigenvalue weighted by atomic mass is 35.5. The molecule has 0 aliphatic carbocycles. The van der Waals surface area contributed by atoms with Crippen LogP contribution in [0.2, 0.25) is 10.0 Å². The molecule has 0 bridgehead atoms. The lowest BCUT2D eigenvalue weighted by atomic mass is 10.2. The average Bonchev–Trinajstić information content (AvgIpc) is 2.33. The summed E-state index contributed by atoms with van der Waals surface area (Å²) in [5, 5.41) is 23.1. The van der Waals surface area contributed by atoms with Gasteiger partial charge in [0.15, 0.2) is 5.75 Å². The van der Waals surface area contributed by atoms with Gasteiger partial charge in [0.05, 0.1) is 17.1 Å². The van der Waals surface area contributed by atoms with E-state index in [2.05, 4.69) is 10.6 Å². The van der Waals surface area contributed by atoms with E-state index in [0.29, 0.717) is 10.6 Å². The number of carbonyl (C=O) groups excluding carboxylic acids is 1. The molecule has 1 rings (SSSR count). The van der Waals surface area contributed by atoms with E-state index < -0.39 is 12.0 Å². The Kier molecular flexibility index (Phi) is 5.26. The Bertz CT molecular complexity index is 520. The normalized spacial score (nSPS) is 10.1. The lowest BCUT2D eigenvalue weighted by Crippen LogP contribution is -2.30. The summed E-state index contributed by atoms with van der Waals surface area (Å²) in [5.41, 5.74) is 0.547. The number of anilines is 1. The molecule has 0 heterocycles. The zero-order valence-electron chi connectivity index (χ0n) is 9.96. The molecule has 104 valence electrons. The van der Waals surface area contributed by atoms with E-state index in [4.69, 9.17) is 28.3 Å². The molecule has 0 fully saturated rings. The van der Waals surface area contributed by atoms with Crippen molar-refractivity contribution in [1.82, 2.24) is 5.32 Å². The number of carboxylic acids is 1. The number of nitrogens with one attached hydrogen (secondary N) is 2. The number of carboxylic acid groups (broad SMARTS) is 1. The maximum absolute atomic E-state index is 11.4. The Morgan fingerprint density at radius 1 is 1.37 bits per heavy atom. The molecule has 8 heteroatoms. The summed E-state index contributed by atoms with van der Waals surface area (Å²) in [5.74, 6) is -1.32. The minimum absolute atomic E-state index is 0.0325. The Morgan fingerprint density at radius 2 is 2.00 bits per heavy atom. The van der Waals surface area contributed by atoms with Crippen LogP contribution >= 0.6 is 23.2 Å². The fourth-order valence-electron chi connectivity index (χ4n) is 1.25. The average molecular weight is 307 g/mol. The number of urea groups is 1. The fourth-order valence-corrected chi connectivity index (χ4v) is 1.70. The van der Waals surface area contributed by atoms with Crippen molar-refractivity contribution in [3.8, 4) is 5.75 Å². The minimum atomic E-state index is -1.02. The maximum Gasteiger partial charge on any atom is 0.319 e. The van der Waals surface area contributed by atoms with Crippen LogP contribution in [0, 0.1) is 6.92 Å². The highest BCUT2D eigenvalue weighted by molar-refractivity contribution is 6.37. The third-order valence-electron chi connectivity index (χ3n) is 2.29. The molecule has 6 nitrogen and oxygen atoms in total. The summed E-state index contributed by atoms with van der Waals surface area (Å²) in [4.78, 5) is 21.7. The van der Waals surface area contributed by atoms with Crippen molar-refractivity contribution in [2.45, 2.75) is 13.3 Å². The smallest absolute Gasteiger partial charge is 0.319 e. The molecule has 0 aromatic heterocycles. The molecule has 0 aliphatic rings.